The van der Waals surface area contributed by atoms with Crippen molar-refractivity contribution in [3.63, 3.8) is 0 Å². The maximum Gasteiger partial charge on any atom is 0.228 e. The second kappa shape index (κ2) is 13.1. The fourth-order valence-electron chi connectivity index (χ4n) is 16.2. The Balaban J connectivity index is 1.05. The van der Waals surface area contributed by atoms with Gasteiger partial charge in [-0.15, -0.1) is 0 Å². The molecule has 10 atom stereocenters. The Kier molecular flexibility index (Phi) is 9.04. The summed E-state index contributed by atoms with van der Waals surface area (Å²) in [6, 6.07) is 9.98. The van der Waals surface area contributed by atoms with Gasteiger partial charge < -0.3 is 26.0 Å². The number of allylic oxidation sites excluding steroid dienone is 5. The topological polar surface area (TPSA) is 93.7 Å². The lowest BCUT2D eigenvalue weighted by Gasteiger charge is -2.70. The number of amides is 2. The summed E-state index contributed by atoms with van der Waals surface area (Å²) in [5, 5.41) is 20.9. The van der Waals surface area contributed by atoms with Crippen molar-refractivity contribution in [1.29, 1.82) is 0 Å². The predicted molar refractivity (Wildman–Crippen MR) is 219 cm³/mol. The summed E-state index contributed by atoms with van der Waals surface area (Å²) in [5.74, 6) is 1.12. The fraction of sp³-hybridized carbons (Fsp3) is 0.708. The molecule has 4 unspecified atom stereocenters. The number of carbonyl (C=O) groups excluding carboxylic acids is 2. The van der Waals surface area contributed by atoms with Crippen LogP contribution in [0.25, 0.3) is 0 Å². The van der Waals surface area contributed by atoms with E-state index in [1.807, 2.05) is 0 Å². The average Bonchev–Trinajstić information content (AvgIpc) is 3.13. The molecule has 2 heterocycles. The summed E-state index contributed by atoms with van der Waals surface area (Å²) in [7, 11) is 2.10. The molecule has 8 bridgehead atoms. The summed E-state index contributed by atoms with van der Waals surface area (Å²) in [5.41, 5.74) is 3.25. The standard InChI is InChI=1S/C48H68N4O3/c1-6-7-8-9-33(2)46-26-43(4)27-47(30-46,32-48(28-43,31-46)41(55)52(5)37-14-17-49-18-15-37)36-12-10-35(11-13-36)44-21-34-20-42(3,24-44)25-45(22-34,29-44)40(54)51-38-16-19-50-23-39(38)53/h6-13,34,37-39,49-50,53H,2,14-32H2,1,3-5H3,(H,51,54)/b7-6-,9-8-/t34?,38-,39-,42-,43+,44-,45?,46+,47?,48?/m1/s1. The molecule has 2 amide bonds. The van der Waals surface area contributed by atoms with Gasteiger partial charge >= 0.3 is 0 Å². The quantitative estimate of drug-likeness (QED) is 0.200. The third kappa shape index (κ3) is 6.15. The molecule has 7 heteroatoms. The molecule has 1 aromatic rings. The highest BCUT2D eigenvalue weighted by molar-refractivity contribution is 5.85. The number of rotatable bonds is 9. The van der Waals surface area contributed by atoms with Gasteiger partial charge in [0.2, 0.25) is 11.8 Å². The van der Waals surface area contributed by atoms with Crippen LogP contribution in [0.1, 0.15) is 128 Å². The highest BCUT2D eigenvalue weighted by atomic mass is 16.3. The number of nitrogens with one attached hydrogen (secondary N) is 3. The van der Waals surface area contributed by atoms with Crippen molar-refractivity contribution in [3.05, 3.63) is 71.8 Å². The summed E-state index contributed by atoms with van der Waals surface area (Å²) >= 11 is 0. The van der Waals surface area contributed by atoms with E-state index in [2.05, 4.69) is 97.2 Å². The second-order valence-electron chi connectivity index (χ2n) is 21.6. The van der Waals surface area contributed by atoms with Gasteiger partial charge in [0.1, 0.15) is 0 Å². The van der Waals surface area contributed by atoms with Crippen molar-refractivity contribution in [2.75, 3.05) is 33.2 Å². The van der Waals surface area contributed by atoms with Crippen LogP contribution >= 0.6 is 0 Å². The molecule has 11 rings (SSSR count). The highest BCUT2D eigenvalue weighted by Gasteiger charge is 2.70. The number of hydrogen-bond donors (Lipinski definition) is 4. The predicted octanol–water partition coefficient (Wildman–Crippen LogP) is 7.25. The zero-order chi connectivity index (χ0) is 38.5. The number of aliphatic hydroxyl groups is 1. The summed E-state index contributed by atoms with van der Waals surface area (Å²) in [6.45, 7) is 15.1. The van der Waals surface area contributed by atoms with Gasteiger partial charge in [-0.3, -0.25) is 9.59 Å². The minimum Gasteiger partial charge on any atom is -0.390 e. The van der Waals surface area contributed by atoms with Crippen LogP contribution < -0.4 is 16.0 Å². The Morgan fingerprint density at radius 2 is 1.42 bits per heavy atom. The average molecular weight is 749 g/mol. The number of aliphatic hydroxyl groups excluding tert-OH is 1. The zero-order valence-corrected chi connectivity index (χ0v) is 34.3. The molecule has 298 valence electrons. The molecule has 0 radical (unpaired) electrons. The van der Waals surface area contributed by atoms with Gasteiger partial charge in [-0.25, -0.2) is 0 Å². The van der Waals surface area contributed by atoms with E-state index in [0.717, 1.165) is 110 Å². The van der Waals surface area contributed by atoms with Gasteiger partial charge in [-0.1, -0.05) is 69.0 Å². The molecule has 2 aliphatic heterocycles. The van der Waals surface area contributed by atoms with E-state index in [0.29, 0.717) is 24.4 Å². The molecule has 8 aliphatic carbocycles. The van der Waals surface area contributed by atoms with Crippen LogP contribution in [-0.4, -0.2) is 73.2 Å². The van der Waals surface area contributed by atoms with E-state index in [1.54, 1.807) is 0 Å². The Labute approximate surface area is 330 Å². The maximum absolute atomic E-state index is 15.1. The summed E-state index contributed by atoms with van der Waals surface area (Å²) in [4.78, 5) is 31.7. The Morgan fingerprint density at radius 3 is 2.13 bits per heavy atom. The summed E-state index contributed by atoms with van der Waals surface area (Å²) in [6.07, 6.45) is 23.3. The smallest absolute Gasteiger partial charge is 0.228 e. The van der Waals surface area contributed by atoms with Crippen LogP contribution in [0, 0.1) is 33.0 Å². The van der Waals surface area contributed by atoms with Crippen LogP contribution in [-0.2, 0) is 20.4 Å². The first kappa shape index (κ1) is 37.8. The van der Waals surface area contributed by atoms with Gasteiger partial charge in [0.15, 0.2) is 0 Å². The number of carbonyl (C=O) groups is 2. The van der Waals surface area contributed by atoms with E-state index >= 15 is 4.79 Å². The van der Waals surface area contributed by atoms with Crippen molar-refractivity contribution >= 4 is 11.8 Å². The normalized spacial score (nSPS) is 44.7. The van der Waals surface area contributed by atoms with Crippen LogP contribution in [0.2, 0.25) is 0 Å². The molecule has 2 saturated heterocycles. The zero-order valence-electron chi connectivity index (χ0n) is 34.3. The Hall–Kier alpha value is -2.74. The minimum atomic E-state index is -0.532. The third-order valence-electron chi connectivity index (χ3n) is 16.9. The third-order valence-corrected chi connectivity index (χ3v) is 16.9. The SMILES string of the molecule is C=C(/C=C\C=C/C)[C@@]12CC3(C(=O)N(C)C4CCNCC4)CC(c4ccc([C@]56CC7CC(C(=O)N[C@@H]8CCNC[C@H]8O)(C[C@](C)(C7)C5)C6)cc4)(C[C@@](C)(C3)C1)C2. The molecule has 55 heavy (non-hydrogen) atoms. The molecular weight excluding hydrogens is 681 g/mol. The largest absolute Gasteiger partial charge is 0.390 e. The van der Waals surface area contributed by atoms with Crippen molar-refractivity contribution in [2.24, 2.45) is 33.0 Å². The van der Waals surface area contributed by atoms with Gasteiger partial charge in [0.05, 0.1) is 23.0 Å². The lowest BCUT2D eigenvalue weighted by Crippen LogP contribution is -2.66. The lowest BCUT2D eigenvalue weighted by molar-refractivity contribution is -0.183. The summed E-state index contributed by atoms with van der Waals surface area (Å²) < 4.78 is 0. The van der Waals surface area contributed by atoms with E-state index < -0.39 is 11.5 Å². The lowest BCUT2D eigenvalue weighted by atomic mass is 9.33. The van der Waals surface area contributed by atoms with E-state index in [9.17, 15) is 9.90 Å². The van der Waals surface area contributed by atoms with Gasteiger partial charge in [0, 0.05) is 19.6 Å². The second-order valence-corrected chi connectivity index (χ2v) is 21.6. The monoisotopic (exact) mass is 749 g/mol. The van der Waals surface area contributed by atoms with E-state index in [1.165, 1.54) is 23.1 Å². The van der Waals surface area contributed by atoms with Crippen LogP contribution in [0.3, 0.4) is 0 Å². The number of nitrogens with zero attached hydrogens (tertiary/aromatic N) is 1. The van der Waals surface area contributed by atoms with Gasteiger partial charge in [-0.2, -0.15) is 0 Å². The first-order chi connectivity index (χ1) is 26.2. The van der Waals surface area contributed by atoms with Crippen molar-refractivity contribution in [1.82, 2.24) is 20.9 Å². The van der Waals surface area contributed by atoms with Crippen LogP contribution in [0.4, 0.5) is 0 Å². The minimum absolute atomic E-state index is 0.00786. The molecule has 4 N–H and O–H groups in total. The Bertz CT molecular complexity index is 1780. The molecular formula is C48H68N4O3. The molecule has 1 aromatic carbocycles. The highest BCUT2D eigenvalue weighted by Crippen LogP contribution is 2.76. The number of benzene rings is 1. The first-order valence-electron chi connectivity index (χ1n) is 22.0. The van der Waals surface area contributed by atoms with Crippen LogP contribution in [0.15, 0.2) is 60.7 Å². The maximum atomic E-state index is 15.1. The molecule has 8 saturated carbocycles. The van der Waals surface area contributed by atoms with E-state index in [4.69, 9.17) is 6.58 Å². The fourth-order valence-corrected chi connectivity index (χ4v) is 16.2. The molecule has 7 nitrogen and oxygen atoms in total. The molecule has 10 fully saturated rings. The molecule has 0 aromatic heterocycles. The first-order valence-corrected chi connectivity index (χ1v) is 22.0. The van der Waals surface area contributed by atoms with Crippen molar-refractivity contribution in [3.8, 4) is 0 Å². The van der Waals surface area contributed by atoms with Crippen molar-refractivity contribution in [2.45, 2.75) is 146 Å². The Morgan fingerprint density at radius 1 is 0.782 bits per heavy atom. The molecule has 10 aliphatic rings. The van der Waals surface area contributed by atoms with Crippen LogP contribution in [0.5, 0.6) is 0 Å². The van der Waals surface area contributed by atoms with Gasteiger partial charge in [0.25, 0.3) is 0 Å². The number of hydrogen-bond acceptors (Lipinski definition) is 5. The van der Waals surface area contributed by atoms with Gasteiger partial charge in [-0.05, 0) is 173 Å². The van der Waals surface area contributed by atoms with Crippen molar-refractivity contribution < 1.29 is 14.7 Å². The number of piperidine rings is 2. The molecule has 0 spiro atoms. The van der Waals surface area contributed by atoms with E-state index in [-0.39, 0.29) is 44.4 Å². The number of β-amino-alcohol motifs (C(OH)–C–C–N with tert-alkyl or cyclic N) is 1.